The summed E-state index contributed by atoms with van der Waals surface area (Å²) in [6.07, 6.45) is 5.32. The van der Waals surface area contributed by atoms with Crippen LogP contribution < -0.4 is 5.32 Å². The summed E-state index contributed by atoms with van der Waals surface area (Å²) in [6.45, 7) is 5.19. The highest BCUT2D eigenvalue weighted by Gasteiger charge is 2.46. The van der Waals surface area contributed by atoms with E-state index in [1.54, 1.807) is 0 Å². The summed E-state index contributed by atoms with van der Waals surface area (Å²) >= 11 is 0. The molecule has 5 heteroatoms. The molecule has 202 valence electrons. The van der Waals surface area contributed by atoms with Gasteiger partial charge in [-0.1, -0.05) is 67.6 Å². The number of hydrogen-bond donors (Lipinski definition) is 1. The third-order valence-electron chi connectivity index (χ3n) is 9.53. The maximum atomic E-state index is 13.1. The number of carbonyl (C=O) groups excluding carboxylic acids is 2. The molecule has 0 unspecified atom stereocenters. The van der Waals surface area contributed by atoms with Gasteiger partial charge >= 0.3 is 0 Å². The molecule has 0 bridgehead atoms. The van der Waals surface area contributed by atoms with Crippen molar-refractivity contribution in [1.29, 1.82) is 0 Å². The van der Waals surface area contributed by atoms with Crippen molar-refractivity contribution in [2.45, 2.75) is 63.5 Å². The summed E-state index contributed by atoms with van der Waals surface area (Å²) in [5.74, 6) is 0.458. The Labute approximate surface area is 232 Å². The predicted molar refractivity (Wildman–Crippen MR) is 156 cm³/mol. The van der Waals surface area contributed by atoms with Gasteiger partial charge in [-0.15, -0.1) is 0 Å². The molecule has 5 nitrogen and oxygen atoms in total. The maximum absolute atomic E-state index is 13.1. The molecule has 6 rings (SSSR count). The van der Waals surface area contributed by atoms with Crippen LogP contribution in [0.4, 0.5) is 5.69 Å². The van der Waals surface area contributed by atoms with Gasteiger partial charge in [-0.2, -0.15) is 0 Å². The van der Waals surface area contributed by atoms with Crippen molar-refractivity contribution in [3.8, 4) is 11.1 Å². The second-order valence-electron chi connectivity index (χ2n) is 12.0. The van der Waals surface area contributed by atoms with Crippen LogP contribution in [-0.4, -0.2) is 47.8 Å². The molecule has 2 heterocycles. The Kier molecular flexibility index (Phi) is 7.03. The average molecular weight is 522 g/mol. The number of benzene rings is 3. The van der Waals surface area contributed by atoms with Gasteiger partial charge in [0.15, 0.2) is 0 Å². The summed E-state index contributed by atoms with van der Waals surface area (Å²) in [7, 11) is 1.97. The number of carbonyl (C=O) groups is 2. The van der Waals surface area contributed by atoms with Gasteiger partial charge in [-0.05, 0) is 85.1 Å². The first-order valence-electron chi connectivity index (χ1n) is 14.5. The molecule has 39 heavy (non-hydrogen) atoms. The molecule has 2 fully saturated rings. The number of hydrogen-bond acceptors (Lipinski definition) is 3. The van der Waals surface area contributed by atoms with Gasteiger partial charge < -0.3 is 10.2 Å². The molecule has 0 aromatic heterocycles. The van der Waals surface area contributed by atoms with Crippen molar-refractivity contribution in [3.05, 3.63) is 89.5 Å². The van der Waals surface area contributed by atoms with Crippen LogP contribution in [0.25, 0.3) is 11.1 Å². The number of nitrogens with zero attached hydrogens (tertiary/aromatic N) is 2. The lowest BCUT2D eigenvalue weighted by molar-refractivity contribution is -0.138. The third kappa shape index (κ3) is 5.12. The van der Waals surface area contributed by atoms with E-state index >= 15 is 0 Å². The number of likely N-dealkylation sites (N-methyl/N-ethyl adjacent to an activating group) is 1. The fourth-order valence-electron chi connectivity index (χ4n) is 7.18. The first kappa shape index (κ1) is 25.8. The van der Waals surface area contributed by atoms with E-state index in [9.17, 15) is 9.59 Å². The summed E-state index contributed by atoms with van der Waals surface area (Å²) in [5.41, 5.74) is 7.30. The number of fused-ring (bicyclic) bond motifs is 3. The highest BCUT2D eigenvalue weighted by molar-refractivity contribution is 5.93. The fourth-order valence-corrected chi connectivity index (χ4v) is 7.18. The SMILES string of the molecule is CN1C(=O)CC[C@]2(C)c3ccc(-c4cccc(NC(=O)C5CCN(Cc6ccccc6)CC5)c4)cc3CC[C@@H]12. The molecule has 1 aliphatic carbocycles. The van der Waals surface area contributed by atoms with E-state index < -0.39 is 0 Å². The van der Waals surface area contributed by atoms with Crippen LogP contribution >= 0.6 is 0 Å². The summed E-state index contributed by atoms with van der Waals surface area (Å²) < 4.78 is 0. The Morgan fingerprint density at radius 1 is 0.923 bits per heavy atom. The van der Waals surface area contributed by atoms with E-state index in [2.05, 4.69) is 77.8 Å². The average Bonchev–Trinajstić information content (AvgIpc) is 2.96. The Balaban J connectivity index is 1.11. The summed E-state index contributed by atoms with van der Waals surface area (Å²) in [4.78, 5) is 29.9. The number of nitrogens with one attached hydrogen (secondary N) is 1. The molecule has 3 aromatic rings. The van der Waals surface area contributed by atoms with Gasteiger partial charge in [0.25, 0.3) is 0 Å². The zero-order valence-corrected chi connectivity index (χ0v) is 23.2. The van der Waals surface area contributed by atoms with Crippen LogP contribution in [-0.2, 0) is 28.0 Å². The summed E-state index contributed by atoms with van der Waals surface area (Å²) in [6, 6.07) is 25.9. The van der Waals surface area contributed by atoms with Crippen LogP contribution in [0, 0.1) is 5.92 Å². The smallest absolute Gasteiger partial charge is 0.227 e. The van der Waals surface area contributed by atoms with Gasteiger partial charge in [0.1, 0.15) is 0 Å². The van der Waals surface area contributed by atoms with Crippen molar-refractivity contribution in [2.24, 2.45) is 5.92 Å². The largest absolute Gasteiger partial charge is 0.342 e. The maximum Gasteiger partial charge on any atom is 0.227 e. The van der Waals surface area contributed by atoms with Gasteiger partial charge in [0.2, 0.25) is 11.8 Å². The van der Waals surface area contributed by atoms with Crippen molar-refractivity contribution in [1.82, 2.24) is 9.80 Å². The van der Waals surface area contributed by atoms with Gasteiger partial charge in [-0.3, -0.25) is 14.5 Å². The monoisotopic (exact) mass is 521 g/mol. The molecule has 3 aliphatic rings. The van der Waals surface area contributed by atoms with Crippen molar-refractivity contribution >= 4 is 17.5 Å². The van der Waals surface area contributed by atoms with E-state index in [1.807, 2.05) is 24.1 Å². The normalized spacial score (nSPS) is 23.7. The number of piperidine rings is 2. The zero-order chi connectivity index (χ0) is 27.0. The van der Waals surface area contributed by atoms with Gasteiger partial charge in [0, 0.05) is 43.1 Å². The molecule has 2 saturated heterocycles. The Hall–Kier alpha value is -3.44. The van der Waals surface area contributed by atoms with E-state index in [-0.39, 0.29) is 29.2 Å². The Bertz CT molecular complexity index is 1360. The number of amides is 2. The lowest BCUT2D eigenvalue weighted by atomic mass is 9.63. The predicted octanol–water partition coefficient (Wildman–Crippen LogP) is 6.03. The molecule has 1 N–H and O–H groups in total. The molecule has 0 saturated carbocycles. The van der Waals surface area contributed by atoms with Crippen molar-refractivity contribution in [3.63, 3.8) is 0 Å². The molecule has 2 amide bonds. The van der Waals surface area contributed by atoms with Gasteiger partial charge in [-0.25, -0.2) is 0 Å². The first-order chi connectivity index (χ1) is 18.9. The van der Waals surface area contributed by atoms with Crippen LogP contribution in [0.3, 0.4) is 0 Å². The molecular formula is C34H39N3O2. The van der Waals surface area contributed by atoms with E-state index in [0.29, 0.717) is 6.42 Å². The second kappa shape index (κ2) is 10.6. The molecule has 2 atom stereocenters. The van der Waals surface area contributed by atoms with Gasteiger partial charge in [0.05, 0.1) is 0 Å². The Morgan fingerprint density at radius 3 is 2.49 bits per heavy atom. The molecular weight excluding hydrogens is 482 g/mol. The minimum Gasteiger partial charge on any atom is -0.342 e. The number of rotatable bonds is 5. The van der Waals surface area contributed by atoms with Crippen LogP contribution in [0.15, 0.2) is 72.8 Å². The second-order valence-corrected chi connectivity index (χ2v) is 12.0. The first-order valence-corrected chi connectivity index (χ1v) is 14.5. The highest BCUT2D eigenvalue weighted by Crippen LogP contribution is 2.46. The lowest BCUT2D eigenvalue weighted by Gasteiger charge is -2.50. The lowest BCUT2D eigenvalue weighted by Crippen LogP contribution is -2.56. The van der Waals surface area contributed by atoms with Crippen LogP contribution in [0.1, 0.15) is 55.7 Å². The topological polar surface area (TPSA) is 52.7 Å². The highest BCUT2D eigenvalue weighted by atomic mass is 16.2. The fraction of sp³-hybridized carbons (Fsp3) is 0.412. The minimum absolute atomic E-state index is 0.0151. The number of aryl methyl sites for hydroxylation is 1. The van der Waals surface area contributed by atoms with E-state index in [0.717, 1.165) is 63.0 Å². The zero-order valence-electron chi connectivity index (χ0n) is 23.2. The van der Waals surface area contributed by atoms with E-state index in [4.69, 9.17) is 0 Å². The number of anilines is 1. The van der Waals surface area contributed by atoms with Crippen molar-refractivity contribution in [2.75, 3.05) is 25.5 Å². The third-order valence-corrected chi connectivity index (χ3v) is 9.53. The summed E-state index contributed by atoms with van der Waals surface area (Å²) in [5, 5.41) is 3.21. The van der Waals surface area contributed by atoms with Crippen LogP contribution in [0.2, 0.25) is 0 Å². The Morgan fingerprint density at radius 2 is 1.69 bits per heavy atom. The molecule has 0 spiro atoms. The molecule has 3 aromatic carbocycles. The molecule has 0 radical (unpaired) electrons. The van der Waals surface area contributed by atoms with E-state index in [1.165, 1.54) is 22.3 Å². The van der Waals surface area contributed by atoms with Crippen LogP contribution in [0.5, 0.6) is 0 Å². The molecule has 2 aliphatic heterocycles. The standard InChI is InChI=1S/C34H39N3O2/c1-34-18-15-32(38)36(2)31(34)14-12-28-21-27(11-13-30(28)34)26-9-6-10-29(22-26)35-33(39)25-16-19-37(20-17-25)23-24-7-4-3-5-8-24/h3-11,13,21-22,25,31H,12,14-20,23H2,1-2H3,(H,35,39)/t31-,34-/m1/s1. The van der Waals surface area contributed by atoms with Crippen molar-refractivity contribution < 1.29 is 9.59 Å². The number of likely N-dealkylation sites (tertiary alicyclic amines) is 2. The minimum atomic E-state index is 0.0151. The quantitative estimate of drug-likeness (QED) is 0.446.